The summed E-state index contributed by atoms with van der Waals surface area (Å²) in [7, 11) is 1.99. The summed E-state index contributed by atoms with van der Waals surface area (Å²) in [6.07, 6.45) is 5.91. The highest BCUT2D eigenvalue weighted by molar-refractivity contribution is 7.19. The molecular weight excluding hydrogens is 242 g/mol. The molecule has 2 aromatic rings. The van der Waals surface area contributed by atoms with Gasteiger partial charge in [0.2, 0.25) is 0 Å². The average molecular weight is 255 g/mol. The van der Waals surface area contributed by atoms with Crippen molar-refractivity contribution >= 4 is 34.0 Å². The van der Waals surface area contributed by atoms with Crippen LogP contribution in [-0.4, -0.2) is 23.3 Å². The predicted octanol–water partition coefficient (Wildman–Crippen LogP) is 3.51. The summed E-state index contributed by atoms with van der Waals surface area (Å²) in [5.74, 6) is 0. The fraction of sp³-hybridized carbons (Fsp3) is 0.143. The molecule has 1 aliphatic rings. The van der Waals surface area contributed by atoms with Crippen molar-refractivity contribution in [2.45, 2.75) is 6.92 Å². The fourth-order valence-electron chi connectivity index (χ4n) is 1.75. The van der Waals surface area contributed by atoms with Crippen LogP contribution in [0.2, 0.25) is 0 Å². The van der Waals surface area contributed by atoms with Gasteiger partial charge in [0.05, 0.1) is 22.3 Å². The highest BCUT2D eigenvalue weighted by Gasteiger charge is 2.05. The lowest BCUT2D eigenvalue weighted by atomic mass is 10.3. The molecule has 0 N–H and O–H groups in total. The van der Waals surface area contributed by atoms with Crippen LogP contribution < -0.4 is 0 Å². The number of thiazole rings is 1. The Hall–Kier alpha value is -1.94. The second-order valence-corrected chi connectivity index (χ2v) is 5.29. The van der Waals surface area contributed by atoms with Gasteiger partial charge < -0.3 is 4.90 Å². The van der Waals surface area contributed by atoms with Crippen LogP contribution in [0.4, 0.5) is 0 Å². The van der Waals surface area contributed by atoms with E-state index in [1.54, 1.807) is 11.3 Å². The number of hydrogen-bond acceptors (Lipinski definition) is 4. The predicted molar refractivity (Wildman–Crippen MR) is 77.6 cm³/mol. The minimum absolute atomic E-state index is 0.949. The van der Waals surface area contributed by atoms with Crippen molar-refractivity contribution in [2.24, 2.45) is 4.99 Å². The van der Waals surface area contributed by atoms with Gasteiger partial charge >= 0.3 is 0 Å². The lowest BCUT2D eigenvalue weighted by molar-refractivity contribution is 0.637. The Labute approximate surface area is 110 Å². The maximum absolute atomic E-state index is 4.58. The Morgan fingerprint density at radius 3 is 2.89 bits per heavy atom. The molecule has 3 nitrogen and oxygen atoms in total. The van der Waals surface area contributed by atoms with Crippen LogP contribution in [-0.2, 0) is 0 Å². The first-order chi connectivity index (χ1) is 8.72. The molecule has 1 aromatic carbocycles. The number of fused-ring (bicyclic) bond motifs is 1. The number of hydrogen-bond donors (Lipinski definition) is 0. The number of benzene rings is 1. The Kier molecular flexibility index (Phi) is 2.72. The molecule has 0 aliphatic carbocycles. The largest absolute Gasteiger partial charge is 0.339 e. The zero-order valence-corrected chi connectivity index (χ0v) is 11.1. The van der Waals surface area contributed by atoms with Gasteiger partial charge in [0, 0.05) is 12.7 Å². The zero-order valence-electron chi connectivity index (χ0n) is 10.3. The molecule has 0 radical (unpaired) electrons. The lowest BCUT2D eigenvalue weighted by Gasteiger charge is -2.17. The number of nitrogens with zero attached hydrogens (tertiary/aromatic N) is 3. The first-order valence-electron chi connectivity index (χ1n) is 5.75. The molecule has 0 atom stereocenters. The third-order valence-electron chi connectivity index (χ3n) is 2.87. The van der Waals surface area contributed by atoms with Crippen molar-refractivity contribution in [3.05, 3.63) is 46.7 Å². The average Bonchev–Trinajstić information content (AvgIpc) is 2.76. The molecule has 2 heterocycles. The Balaban J connectivity index is 1.99. The lowest BCUT2D eigenvalue weighted by Crippen LogP contribution is -2.16. The summed E-state index contributed by atoms with van der Waals surface area (Å²) < 4.78 is 1.21. The number of aliphatic imine (C=N–C) groups is 1. The van der Waals surface area contributed by atoms with Gasteiger partial charge in [-0.2, -0.15) is 0 Å². The number of allylic oxidation sites excluding steroid dienone is 2. The van der Waals surface area contributed by atoms with Crippen molar-refractivity contribution in [1.29, 1.82) is 0 Å². The smallest absolute Gasteiger partial charge is 0.119 e. The molecule has 0 amide bonds. The highest BCUT2D eigenvalue weighted by Crippen LogP contribution is 2.24. The SMILES string of the molecule is CC1=C/C(=C/c2nc3ccccc3s2)N=CN1C. The first-order valence-corrected chi connectivity index (χ1v) is 6.56. The first kappa shape index (κ1) is 11.2. The molecular formula is C14H13N3S. The van der Waals surface area contributed by atoms with E-state index in [-0.39, 0.29) is 0 Å². The second kappa shape index (κ2) is 4.38. The van der Waals surface area contributed by atoms with E-state index >= 15 is 0 Å². The Bertz CT molecular complexity index is 646. The van der Waals surface area contributed by atoms with Crippen LogP contribution in [0, 0.1) is 0 Å². The van der Waals surface area contributed by atoms with Crippen LogP contribution in [0.5, 0.6) is 0 Å². The molecule has 0 saturated carbocycles. The van der Waals surface area contributed by atoms with Gasteiger partial charge in [-0.05, 0) is 31.2 Å². The monoisotopic (exact) mass is 255 g/mol. The van der Waals surface area contributed by atoms with E-state index < -0.39 is 0 Å². The molecule has 0 spiro atoms. The van der Waals surface area contributed by atoms with E-state index in [0.717, 1.165) is 16.2 Å². The van der Waals surface area contributed by atoms with Crippen molar-refractivity contribution in [3.63, 3.8) is 0 Å². The number of aromatic nitrogens is 1. The summed E-state index contributed by atoms with van der Waals surface area (Å²) >= 11 is 1.69. The fourth-order valence-corrected chi connectivity index (χ4v) is 2.67. The number of para-hydroxylation sites is 1. The van der Waals surface area contributed by atoms with E-state index in [0.29, 0.717) is 0 Å². The summed E-state index contributed by atoms with van der Waals surface area (Å²) in [6, 6.07) is 8.17. The minimum atomic E-state index is 0.949. The van der Waals surface area contributed by atoms with Crippen molar-refractivity contribution in [1.82, 2.24) is 9.88 Å². The van der Waals surface area contributed by atoms with Crippen LogP contribution in [0.1, 0.15) is 11.9 Å². The topological polar surface area (TPSA) is 28.5 Å². The summed E-state index contributed by atoms with van der Waals surface area (Å²) in [5, 5.41) is 0.997. The molecule has 1 aliphatic heterocycles. The number of rotatable bonds is 1. The van der Waals surface area contributed by atoms with E-state index in [2.05, 4.69) is 29.0 Å². The molecule has 1 aromatic heterocycles. The highest BCUT2D eigenvalue weighted by atomic mass is 32.1. The maximum Gasteiger partial charge on any atom is 0.119 e. The van der Waals surface area contributed by atoms with Gasteiger partial charge in [0.25, 0.3) is 0 Å². The normalized spacial score (nSPS) is 17.6. The van der Waals surface area contributed by atoms with Crippen LogP contribution >= 0.6 is 11.3 Å². The van der Waals surface area contributed by atoms with Gasteiger partial charge in [0.15, 0.2) is 0 Å². The molecule has 3 rings (SSSR count). The molecule has 90 valence electrons. The Morgan fingerprint density at radius 1 is 1.28 bits per heavy atom. The van der Waals surface area contributed by atoms with Gasteiger partial charge in [-0.3, -0.25) is 0 Å². The molecule has 0 unspecified atom stereocenters. The van der Waals surface area contributed by atoms with Gasteiger partial charge in [-0.25, -0.2) is 9.98 Å². The van der Waals surface area contributed by atoms with E-state index in [1.165, 1.54) is 10.4 Å². The van der Waals surface area contributed by atoms with E-state index in [4.69, 9.17) is 0 Å². The molecule has 0 saturated heterocycles. The maximum atomic E-state index is 4.58. The van der Waals surface area contributed by atoms with Gasteiger partial charge in [0.1, 0.15) is 5.01 Å². The van der Waals surface area contributed by atoms with E-state index in [9.17, 15) is 0 Å². The van der Waals surface area contributed by atoms with Crippen molar-refractivity contribution in [2.75, 3.05) is 7.05 Å². The quantitative estimate of drug-likeness (QED) is 0.780. The van der Waals surface area contributed by atoms with Crippen molar-refractivity contribution < 1.29 is 0 Å². The zero-order chi connectivity index (χ0) is 12.5. The summed E-state index contributed by atoms with van der Waals surface area (Å²) in [5.41, 5.74) is 3.17. The minimum Gasteiger partial charge on any atom is -0.339 e. The molecule has 0 fully saturated rings. The van der Waals surface area contributed by atoms with Crippen LogP contribution in [0.15, 0.2) is 46.7 Å². The third-order valence-corrected chi connectivity index (χ3v) is 3.86. The summed E-state index contributed by atoms with van der Waals surface area (Å²) in [4.78, 5) is 11.0. The van der Waals surface area contributed by atoms with Crippen LogP contribution in [0.25, 0.3) is 16.3 Å². The standard InChI is InChI=1S/C14H13N3S/c1-10-7-11(15-9-17(10)2)8-14-16-12-5-3-4-6-13(12)18-14/h3-9H,1-2H3/b11-8-. The van der Waals surface area contributed by atoms with Crippen LogP contribution in [0.3, 0.4) is 0 Å². The van der Waals surface area contributed by atoms with Gasteiger partial charge in [-0.15, -0.1) is 11.3 Å². The third kappa shape index (κ3) is 2.07. The molecule has 18 heavy (non-hydrogen) atoms. The summed E-state index contributed by atoms with van der Waals surface area (Å²) in [6.45, 7) is 2.07. The second-order valence-electron chi connectivity index (χ2n) is 4.23. The molecule has 4 heteroatoms. The molecule has 0 bridgehead atoms. The Morgan fingerprint density at radius 2 is 2.11 bits per heavy atom. The van der Waals surface area contributed by atoms with E-state index in [1.807, 2.05) is 42.6 Å². The van der Waals surface area contributed by atoms with Gasteiger partial charge in [-0.1, -0.05) is 12.1 Å². The van der Waals surface area contributed by atoms with Crippen molar-refractivity contribution in [3.8, 4) is 0 Å².